The number of likely N-dealkylation sites (N-methyl/N-ethyl adjacent to an activating group) is 1. The van der Waals surface area contributed by atoms with Gasteiger partial charge in [0.05, 0.1) is 10.9 Å². The molecule has 0 unspecified atom stereocenters. The molecule has 2 fully saturated rings. The molecule has 34 heavy (non-hydrogen) atoms. The second-order valence-corrected chi connectivity index (χ2v) is 10.3. The van der Waals surface area contributed by atoms with Gasteiger partial charge in [0.25, 0.3) is 11.5 Å². The number of hydrogen-bond acceptors (Lipinski definition) is 7. The van der Waals surface area contributed by atoms with E-state index in [1.165, 1.54) is 16.3 Å². The number of carbonyl (C=O) groups excluding carboxylic acids is 1. The summed E-state index contributed by atoms with van der Waals surface area (Å²) in [7, 11) is 3.76. The Morgan fingerprint density at radius 3 is 2.38 bits per heavy atom. The van der Waals surface area contributed by atoms with Crippen molar-refractivity contribution >= 4 is 46.1 Å². The third kappa shape index (κ3) is 4.29. The van der Waals surface area contributed by atoms with Gasteiger partial charge < -0.3 is 9.80 Å². The van der Waals surface area contributed by atoms with Gasteiger partial charge in [0, 0.05) is 38.8 Å². The van der Waals surface area contributed by atoms with E-state index in [0.717, 1.165) is 43.1 Å². The Kier molecular flexibility index (Phi) is 6.94. The zero-order chi connectivity index (χ0) is 24.6. The van der Waals surface area contributed by atoms with Gasteiger partial charge in [0.1, 0.15) is 21.8 Å². The van der Waals surface area contributed by atoms with Gasteiger partial charge in [-0.15, -0.1) is 0 Å². The summed E-state index contributed by atoms with van der Waals surface area (Å²) in [6.07, 6.45) is 1.81. The van der Waals surface area contributed by atoms with Gasteiger partial charge in [-0.3, -0.25) is 19.1 Å². The standard InChI is InChI=1S/C25H27N5O2S2/c1-16-19(22(28(4)23(31)20(16)15-26)29-12-10-27(3)11-13-29)14-21-24(32)30(25(33)34-21)17(2)18-8-6-5-7-9-18/h5-9,14,17H,10-13H2,1-4H3/b21-14-/t17-/m1/s1. The second-order valence-electron chi connectivity index (χ2n) is 8.64. The summed E-state index contributed by atoms with van der Waals surface area (Å²) in [5.74, 6) is 0.568. The molecule has 0 bridgehead atoms. The summed E-state index contributed by atoms with van der Waals surface area (Å²) < 4.78 is 2.03. The molecular weight excluding hydrogens is 466 g/mol. The molecule has 2 aromatic rings. The van der Waals surface area contributed by atoms with Gasteiger partial charge in [-0.25, -0.2) is 0 Å². The summed E-state index contributed by atoms with van der Waals surface area (Å²) >= 11 is 6.85. The Labute approximate surface area is 209 Å². The second kappa shape index (κ2) is 9.74. The molecule has 4 rings (SSSR count). The van der Waals surface area contributed by atoms with Crippen LogP contribution in [0.3, 0.4) is 0 Å². The number of thiocarbonyl (C=S) groups is 1. The number of hydrogen-bond donors (Lipinski definition) is 0. The molecule has 2 saturated heterocycles. The normalized spacial score (nSPS) is 19.1. The molecule has 0 saturated carbocycles. The highest BCUT2D eigenvalue weighted by Gasteiger charge is 2.36. The Bertz CT molecular complexity index is 1270. The molecular formula is C25H27N5O2S2. The molecule has 9 heteroatoms. The van der Waals surface area contributed by atoms with Crippen molar-refractivity contribution in [2.24, 2.45) is 7.05 Å². The van der Waals surface area contributed by atoms with Crippen LogP contribution in [0.4, 0.5) is 5.82 Å². The van der Waals surface area contributed by atoms with E-state index in [9.17, 15) is 14.9 Å². The number of nitriles is 1. The van der Waals surface area contributed by atoms with Crippen molar-refractivity contribution in [3.63, 3.8) is 0 Å². The molecule has 0 aliphatic carbocycles. The fourth-order valence-electron chi connectivity index (χ4n) is 4.44. The van der Waals surface area contributed by atoms with E-state index in [1.54, 1.807) is 24.9 Å². The smallest absolute Gasteiger partial charge is 0.270 e. The number of amides is 1. The van der Waals surface area contributed by atoms with Crippen molar-refractivity contribution in [3.05, 3.63) is 67.8 Å². The van der Waals surface area contributed by atoms with Crippen LogP contribution in [0, 0.1) is 18.3 Å². The Hall–Kier alpha value is -2.93. The van der Waals surface area contributed by atoms with Crippen molar-refractivity contribution < 1.29 is 4.79 Å². The molecule has 2 aliphatic rings. The number of nitrogens with zero attached hydrogens (tertiary/aromatic N) is 5. The zero-order valence-electron chi connectivity index (χ0n) is 19.7. The fraction of sp³-hybridized carbons (Fsp3) is 0.360. The SMILES string of the molecule is Cc1c(/C=C2\SC(=S)N([C@H](C)c3ccccc3)C2=O)c(N2CCN(C)CC2)n(C)c(=O)c1C#N. The highest BCUT2D eigenvalue weighted by molar-refractivity contribution is 8.26. The van der Waals surface area contributed by atoms with Crippen molar-refractivity contribution in [2.75, 3.05) is 38.1 Å². The Balaban J connectivity index is 1.80. The average Bonchev–Trinajstić information content (AvgIpc) is 3.11. The minimum atomic E-state index is -0.323. The van der Waals surface area contributed by atoms with Gasteiger partial charge in [0.15, 0.2) is 0 Å². The lowest BCUT2D eigenvalue weighted by atomic mass is 10.0. The van der Waals surface area contributed by atoms with Crippen LogP contribution < -0.4 is 10.5 Å². The molecule has 1 aromatic carbocycles. The van der Waals surface area contributed by atoms with Crippen molar-refractivity contribution in [1.82, 2.24) is 14.4 Å². The number of aromatic nitrogens is 1. The Morgan fingerprint density at radius 1 is 1.12 bits per heavy atom. The largest absolute Gasteiger partial charge is 0.355 e. The summed E-state index contributed by atoms with van der Waals surface area (Å²) in [5, 5.41) is 9.67. The van der Waals surface area contributed by atoms with Crippen molar-refractivity contribution in [3.8, 4) is 6.07 Å². The van der Waals surface area contributed by atoms with Crippen LogP contribution in [0.2, 0.25) is 0 Å². The van der Waals surface area contributed by atoms with Crippen LogP contribution in [0.1, 0.15) is 35.2 Å². The molecule has 176 valence electrons. The van der Waals surface area contributed by atoms with Crippen LogP contribution in [0.5, 0.6) is 0 Å². The molecule has 2 aliphatic heterocycles. The first-order valence-electron chi connectivity index (χ1n) is 11.1. The maximum atomic E-state index is 13.5. The van der Waals surface area contributed by atoms with Crippen molar-refractivity contribution in [2.45, 2.75) is 19.9 Å². The van der Waals surface area contributed by atoms with Gasteiger partial charge in [-0.05, 0) is 38.1 Å². The van der Waals surface area contributed by atoms with Crippen LogP contribution in [0.15, 0.2) is 40.0 Å². The van der Waals surface area contributed by atoms with E-state index < -0.39 is 0 Å². The van der Waals surface area contributed by atoms with Gasteiger partial charge in [-0.1, -0.05) is 54.3 Å². The first kappa shape index (κ1) is 24.2. The van der Waals surface area contributed by atoms with Gasteiger partial charge in [0.2, 0.25) is 0 Å². The van der Waals surface area contributed by atoms with E-state index in [1.807, 2.05) is 37.3 Å². The predicted molar refractivity (Wildman–Crippen MR) is 141 cm³/mol. The lowest BCUT2D eigenvalue weighted by Crippen LogP contribution is -2.46. The first-order chi connectivity index (χ1) is 16.2. The predicted octanol–water partition coefficient (Wildman–Crippen LogP) is 3.28. The third-order valence-corrected chi connectivity index (χ3v) is 7.87. The summed E-state index contributed by atoms with van der Waals surface area (Å²) in [4.78, 5) is 32.9. The van der Waals surface area contributed by atoms with Gasteiger partial charge in [-0.2, -0.15) is 5.26 Å². The number of pyridine rings is 1. The Morgan fingerprint density at radius 2 is 1.76 bits per heavy atom. The van der Waals surface area contributed by atoms with Crippen LogP contribution in [-0.4, -0.2) is 57.8 Å². The van der Waals surface area contributed by atoms with Crippen LogP contribution in [-0.2, 0) is 11.8 Å². The number of carbonyl (C=O) groups is 1. The maximum Gasteiger partial charge on any atom is 0.270 e. The minimum Gasteiger partial charge on any atom is -0.355 e. The number of rotatable bonds is 4. The van der Waals surface area contributed by atoms with Crippen LogP contribution >= 0.6 is 24.0 Å². The zero-order valence-corrected chi connectivity index (χ0v) is 21.4. The molecule has 1 atom stereocenters. The molecule has 0 N–H and O–H groups in total. The van der Waals surface area contributed by atoms with Crippen molar-refractivity contribution in [1.29, 1.82) is 5.26 Å². The topological polar surface area (TPSA) is 72.6 Å². The molecule has 1 amide bonds. The number of piperazine rings is 1. The van der Waals surface area contributed by atoms with E-state index in [4.69, 9.17) is 12.2 Å². The lowest BCUT2D eigenvalue weighted by molar-refractivity contribution is -0.123. The highest BCUT2D eigenvalue weighted by atomic mass is 32.2. The van der Waals surface area contributed by atoms with Crippen LogP contribution in [0.25, 0.3) is 6.08 Å². The minimum absolute atomic E-state index is 0.0970. The summed E-state index contributed by atoms with van der Waals surface area (Å²) in [6, 6.07) is 11.6. The molecule has 0 spiro atoms. The van der Waals surface area contributed by atoms with E-state index in [0.29, 0.717) is 14.8 Å². The quantitative estimate of drug-likeness (QED) is 0.478. The maximum absolute atomic E-state index is 13.5. The molecule has 0 radical (unpaired) electrons. The highest BCUT2D eigenvalue weighted by Crippen LogP contribution is 2.39. The summed E-state index contributed by atoms with van der Waals surface area (Å²) in [6.45, 7) is 6.97. The number of anilines is 1. The fourth-order valence-corrected chi connectivity index (χ4v) is 5.84. The monoisotopic (exact) mass is 493 g/mol. The first-order valence-corrected chi connectivity index (χ1v) is 12.4. The molecule has 7 nitrogen and oxygen atoms in total. The van der Waals surface area contributed by atoms with Gasteiger partial charge >= 0.3 is 0 Å². The number of thioether (sulfide) groups is 1. The lowest BCUT2D eigenvalue weighted by Gasteiger charge is -2.36. The number of benzene rings is 1. The summed E-state index contributed by atoms with van der Waals surface area (Å²) in [5.41, 5.74) is 2.08. The molecule has 1 aromatic heterocycles. The third-order valence-electron chi connectivity index (χ3n) is 6.54. The molecule has 3 heterocycles. The van der Waals surface area contributed by atoms with E-state index in [-0.39, 0.29) is 23.1 Å². The van der Waals surface area contributed by atoms with E-state index >= 15 is 0 Å². The average molecular weight is 494 g/mol. The van der Waals surface area contributed by atoms with E-state index in [2.05, 4.69) is 22.9 Å².